The molecule has 194 valence electrons. The summed E-state index contributed by atoms with van der Waals surface area (Å²) in [4.78, 5) is 41.9. The monoisotopic (exact) mass is 532 g/mol. The van der Waals surface area contributed by atoms with Gasteiger partial charge in [-0.15, -0.1) is 11.3 Å². The number of carbonyl (C=O) groups excluding carboxylic acids is 2. The average molecular weight is 533 g/mol. The van der Waals surface area contributed by atoms with Gasteiger partial charge in [-0.25, -0.2) is 0 Å². The Morgan fingerprint density at radius 2 is 1.46 bits per heavy atom. The van der Waals surface area contributed by atoms with Gasteiger partial charge < -0.3 is 4.90 Å². The molecule has 0 radical (unpaired) electrons. The largest absolute Gasteiger partial charge is 0.347 e. The van der Waals surface area contributed by atoms with Crippen LogP contribution in [0.5, 0.6) is 0 Å². The lowest BCUT2D eigenvalue weighted by Gasteiger charge is -2.23. The molecule has 1 aliphatic carbocycles. The number of fused-ring (bicyclic) bond motifs is 2. The number of likely N-dealkylation sites (N-methyl/N-ethyl adjacent to an activating group) is 1. The van der Waals surface area contributed by atoms with Gasteiger partial charge in [0.2, 0.25) is 11.6 Å². The van der Waals surface area contributed by atoms with Gasteiger partial charge in [0.05, 0.1) is 4.53 Å². The molecule has 0 fully saturated rings. The Bertz CT molecular complexity index is 1850. The molecule has 3 aromatic carbocycles. The van der Waals surface area contributed by atoms with Crippen molar-refractivity contribution in [2.45, 2.75) is 32.7 Å². The van der Waals surface area contributed by atoms with Gasteiger partial charge >= 0.3 is 0 Å². The quantitative estimate of drug-likeness (QED) is 0.376. The molecule has 6 heteroatoms. The zero-order valence-corrected chi connectivity index (χ0v) is 23.1. The zero-order chi connectivity index (χ0) is 27.5. The lowest BCUT2D eigenvalue weighted by molar-refractivity contribution is 0.102. The average Bonchev–Trinajstić information content (AvgIpc) is 3.47. The minimum Gasteiger partial charge on any atom is -0.347 e. The molecule has 5 nitrogen and oxygen atoms in total. The normalized spacial score (nSPS) is 17.3. The molecular weight excluding hydrogens is 504 g/mol. The second-order valence-corrected chi connectivity index (χ2v) is 11.4. The van der Waals surface area contributed by atoms with Gasteiger partial charge in [0.25, 0.3) is 5.56 Å². The molecule has 2 aliphatic rings. The van der Waals surface area contributed by atoms with Crippen molar-refractivity contribution in [2.24, 2.45) is 0 Å². The van der Waals surface area contributed by atoms with Crippen LogP contribution < -0.4 is 19.7 Å². The third kappa shape index (κ3) is 3.78. The van der Waals surface area contributed by atoms with Crippen LogP contribution in [0.25, 0.3) is 22.8 Å². The first-order valence-electron chi connectivity index (χ1n) is 13.0. The van der Waals surface area contributed by atoms with Gasteiger partial charge in [0, 0.05) is 41.5 Å². The second-order valence-electron chi connectivity index (χ2n) is 10.4. The maximum Gasteiger partial charge on any atom is 0.269 e. The molecule has 0 saturated carbocycles. The second kappa shape index (κ2) is 9.17. The van der Waals surface area contributed by atoms with Crippen molar-refractivity contribution in [2.75, 3.05) is 11.9 Å². The summed E-state index contributed by atoms with van der Waals surface area (Å²) < 4.78 is 2.46. The van der Waals surface area contributed by atoms with Crippen LogP contribution in [0.1, 0.15) is 47.1 Å². The van der Waals surface area contributed by atoms with E-state index in [0.29, 0.717) is 26.9 Å². The number of aromatic nitrogens is 1. The summed E-state index contributed by atoms with van der Waals surface area (Å²) in [6.45, 7) is 6.61. The van der Waals surface area contributed by atoms with Crippen LogP contribution >= 0.6 is 11.3 Å². The summed E-state index contributed by atoms with van der Waals surface area (Å²) in [6.07, 6.45) is 3.83. The van der Waals surface area contributed by atoms with E-state index in [2.05, 4.69) is 49.1 Å². The first-order chi connectivity index (χ1) is 18.7. The number of nitrogens with zero attached hydrogens (tertiary/aromatic N) is 2. The van der Waals surface area contributed by atoms with Gasteiger partial charge in [-0.3, -0.25) is 19.0 Å². The molecule has 39 heavy (non-hydrogen) atoms. The highest BCUT2D eigenvalue weighted by atomic mass is 32.1. The summed E-state index contributed by atoms with van der Waals surface area (Å²) in [5.41, 5.74) is 6.16. The van der Waals surface area contributed by atoms with E-state index in [4.69, 9.17) is 0 Å². The topological polar surface area (TPSA) is 59.4 Å². The molecule has 0 atom stereocenters. The number of hydrogen-bond acceptors (Lipinski definition) is 5. The van der Waals surface area contributed by atoms with Crippen molar-refractivity contribution in [1.29, 1.82) is 0 Å². The van der Waals surface area contributed by atoms with Gasteiger partial charge in [0.15, 0.2) is 0 Å². The molecule has 0 N–H and O–H groups in total. The smallest absolute Gasteiger partial charge is 0.269 e. The van der Waals surface area contributed by atoms with Crippen molar-refractivity contribution >= 4 is 40.2 Å². The Kier molecular flexibility index (Phi) is 5.88. The van der Waals surface area contributed by atoms with Crippen LogP contribution in [0.3, 0.4) is 0 Å². The van der Waals surface area contributed by atoms with Crippen molar-refractivity contribution < 1.29 is 9.59 Å². The van der Waals surface area contributed by atoms with Crippen LogP contribution in [-0.4, -0.2) is 23.2 Å². The third-order valence-electron chi connectivity index (χ3n) is 7.84. The molecule has 0 spiro atoms. The zero-order valence-electron chi connectivity index (χ0n) is 22.3. The van der Waals surface area contributed by atoms with Crippen LogP contribution in [0, 0.1) is 0 Å². The number of ketones is 2. The van der Waals surface area contributed by atoms with E-state index < -0.39 is 0 Å². The molecule has 0 saturated heterocycles. The van der Waals surface area contributed by atoms with Crippen LogP contribution in [-0.2, 0) is 12.0 Å². The molecule has 1 aromatic heterocycles. The standard InChI is InChI=1S/C33H28N2O3S/c1-5-35-31(38)26(39-32(35)28-29(36)22-13-9-10-14-23(22)30(28)37)17-18-27-33(2,3)24-19-21(15-16-25(24)34(27)4)20-11-7-6-8-12-20/h6-19H,5H2,1-4H3/b26-17+,27-18+. The first kappa shape index (κ1) is 25.0. The number of benzene rings is 3. The summed E-state index contributed by atoms with van der Waals surface area (Å²) in [6, 6.07) is 23.7. The van der Waals surface area contributed by atoms with Crippen LogP contribution in [0.2, 0.25) is 0 Å². The highest BCUT2D eigenvalue weighted by Gasteiger charge is 2.38. The minimum absolute atomic E-state index is 0.0895. The van der Waals surface area contributed by atoms with Gasteiger partial charge in [-0.2, -0.15) is 0 Å². The number of rotatable bonds is 3. The van der Waals surface area contributed by atoms with Gasteiger partial charge in [-0.1, -0.05) is 74.5 Å². The van der Waals surface area contributed by atoms with E-state index in [0.717, 1.165) is 11.4 Å². The summed E-state index contributed by atoms with van der Waals surface area (Å²) in [7, 11) is 2.04. The molecule has 0 bridgehead atoms. The molecule has 1 aliphatic heterocycles. The van der Waals surface area contributed by atoms with E-state index >= 15 is 0 Å². The van der Waals surface area contributed by atoms with E-state index in [-0.39, 0.29) is 28.1 Å². The SMILES string of the molecule is CCn1c(=C2C(=O)c3ccccc3C2=O)s/c(=C/C=C2/N(C)c3ccc(-c4ccccc4)cc3C2(C)C)c1=O. The number of allylic oxidation sites excluding steroid dienone is 2. The Balaban J connectivity index is 1.47. The third-order valence-corrected chi connectivity index (χ3v) is 8.99. The highest BCUT2D eigenvalue weighted by Crippen LogP contribution is 2.48. The maximum atomic E-state index is 13.4. The molecule has 0 amide bonds. The lowest BCUT2D eigenvalue weighted by atomic mass is 9.82. The molecule has 2 heterocycles. The molecule has 6 rings (SSSR count). The molecular formula is C33H28N2O3S. The molecule has 0 unspecified atom stereocenters. The van der Waals surface area contributed by atoms with E-state index in [1.807, 2.05) is 44.3 Å². The summed E-state index contributed by atoms with van der Waals surface area (Å²) in [5.74, 6) is -0.629. The highest BCUT2D eigenvalue weighted by molar-refractivity contribution is 7.08. The fourth-order valence-corrected chi connectivity index (χ4v) is 6.91. The summed E-state index contributed by atoms with van der Waals surface area (Å²) in [5, 5.41) is 0. The molecule has 4 aromatic rings. The Labute approximate surface area is 230 Å². The minimum atomic E-state index is -0.315. The van der Waals surface area contributed by atoms with E-state index in [1.54, 1.807) is 24.3 Å². The summed E-state index contributed by atoms with van der Waals surface area (Å²) >= 11 is 1.21. The van der Waals surface area contributed by atoms with Crippen LogP contribution in [0.15, 0.2) is 89.4 Å². The Morgan fingerprint density at radius 3 is 2.10 bits per heavy atom. The number of Topliss-reactive ketones (excluding diaryl/α,β-unsaturated/α-hetero) is 2. The fourth-order valence-electron chi connectivity index (χ4n) is 5.75. The van der Waals surface area contributed by atoms with Gasteiger partial charge in [-0.05, 0) is 47.9 Å². The predicted molar refractivity (Wildman–Crippen MR) is 158 cm³/mol. The van der Waals surface area contributed by atoms with Crippen molar-refractivity contribution in [1.82, 2.24) is 4.57 Å². The Hall–Kier alpha value is -4.29. The van der Waals surface area contributed by atoms with E-state index in [1.165, 1.54) is 32.6 Å². The van der Waals surface area contributed by atoms with Crippen LogP contribution in [0.4, 0.5) is 5.69 Å². The first-order valence-corrected chi connectivity index (χ1v) is 13.8. The number of thiazole rings is 1. The maximum absolute atomic E-state index is 13.4. The van der Waals surface area contributed by atoms with Gasteiger partial charge in [0.1, 0.15) is 10.2 Å². The lowest BCUT2D eigenvalue weighted by Crippen LogP contribution is -2.32. The van der Waals surface area contributed by atoms with Crippen molar-refractivity contribution in [3.8, 4) is 11.1 Å². The fraction of sp³-hybridized carbons (Fsp3) is 0.182. The number of anilines is 1. The predicted octanol–water partition coefficient (Wildman–Crippen LogP) is 4.92. The number of hydrogen-bond donors (Lipinski definition) is 0. The van der Waals surface area contributed by atoms with E-state index in [9.17, 15) is 14.4 Å². The van der Waals surface area contributed by atoms with Crippen molar-refractivity contribution in [3.05, 3.63) is 121 Å². The Morgan fingerprint density at radius 1 is 0.821 bits per heavy atom. The van der Waals surface area contributed by atoms with Crippen molar-refractivity contribution in [3.63, 3.8) is 0 Å². The number of carbonyl (C=O) groups is 2.